The van der Waals surface area contributed by atoms with Gasteiger partial charge in [-0.25, -0.2) is 14.6 Å². The van der Waals surface area contributed by atoms with E-state index >= 15 is 0 Å². The molecular weight excluding hydrogens is 326 g/mol. The molecule has 1 aliphatic carbocycles. The first kappa shape index (κ1) is 16.7. The number of nitrogens with one attached hydrogen (secondary N) is 1. The maximum Gasteiger partial charge on any atom is 0.257 e. The summed E-state index contributed by atoms with van der Waals surface area (Å²) in [7, 11) is 0. The number of fused-ring (bicyclic) bond motifs is 1. The van der Waals surface area contributed by atoms with Crippen molar-refractivity contribution >= 4 is 22.8 Å². The Balaban J connectivity index is 1.87. The van der Waals surface area contributed by atoms with Crippen LogP contribution in [-0.4, -0.2) is 25.7 Å². The van der Waals surface area contributed by atoms with Crippen molar-refractivity contribution in [3.63, 3.8) is 0 Å². The minimum Gasteiger partial charge on any atom is -0.307 e. The van der Waals surface area contributed by atoms with E-state index in [0.29, 0.717) is 17.3 Å². The predicted molar refractivity (Wildman–Crippen MR) is 101 cm³/mol. The molecule has 0 spiro atoms. The fourth-order valence-corrected chi connectivity index (χ4v) is 3.16. The normalized spacial score (nSPS) is 14.6. The molecule has 0 aromatic carbocycles. The monoisotopic (exact) mass is 349 g/mol. The van der Waals surface area contributed by atoms with Gasteiger partial charge in [0.2, 0.25) is 0 Å². The number of aromatic nitrogens is 4. The zero-order valence-corrected chi connectivity index (χ0v) is 15.6. The van der Waals surface area contributed by atoms with Crippen LogP contribution in [0.3, 0.4) is 0 Å². The summed E-state index contributed by atoms with van der Waals surface area (Å²) in [6, 6.07) is 7.38. The Morgan fingerprint density at radius 2 is 2.04 bits per heavy atom. The molecule has 1 amide bonds. The summed E-state index contributed by atoms with van der Waals surface area (Å²) in [6.07, 6.45) is 3.92. The van der Waals surface area contributed by atoms with Crippen LogP contribution in [0.2, 0.25) is 0 Å². The summed E-state index contributed by atoms with van der Waals surface area (Å²) in [4.78, 5) is 22.1. The Labute approximate surface area is 152 Å². The van der Waals surface area contributed by atoms with Gasteiger partial charge < -0.3 is 5.32 Å². The predicted octanol–water partition coefficient (Wildman–Crippen LogP) is 4.02. The van der Waals surface area contributed by atoms with Gasteiger partial charge >= 0.3 is 0 Å². The van der Waals surface area contributed by atoms with Crippen LogP contribution in [0.15, 0.2) is 30.5 Å². The molecule has 1 saturated carbocycles. The zero-order valence-electron chi connectivity index (χ0n) is 15.6. The number of carbonyl (C=O) groups is 1. The molecule has 134 valence electrons. The summed E-state index contributed by atoms with van der Waals surface area (Å²) >= 11 is 0. The molecule has 3 aromatic heterocycles. The number of rotatable bonds is 3. The van der Waals surface area contributed by atoms with Gasteiger partial charge in [-0.05, 0) is 58.7 Å². The number of hydrogen-bond donors (Lipinski definition) is 1. The van der Waals surface area contributed by atoms with Gasteiger partial charge in [-0.2, -0.15) is 5.10 Å². The van der Waals surface area contributed by atoms with E-state index < -0.39 is 0 Å². The average molecular weight is 349 g/mol. The third-order valence-electron chi connectivity index (χ3n) is 4.61. The quantitative estimate of drug-likeness (QED) is 0.775. The van der Waals surface area contributed by atoms with E-state index in [1.165, 1.54) is 0 Å². The van der Waals surface area contributed by atoms with Crippen LogP contribution in [0.4, 0.5) is 5.82 Å². The van der Waals surface area contributed by atoms with Crippen LogP contribution in [0.1, 0.15) is 61.3 Å². The zero-order chi connectivity index (χ0) is 18.5. The van der Waals surface area contributed by atoms with Crippen LogP contribution in [0.25, 0.3) is 11.0 Å². The third kappa shape index (κ3) is 2.96. The second kappa shape index (κ2) is 5.90. The minimum atomic E-state index is -0.212. The molecular formula is C20H23N5O. The summed E-state index contributed by atoms with van der Waals surface area (Å²) in [6.45, 7) is 8.22. The van der Waals surface area contributed by atoms with Crippen molar-refractivity contribution < 1.29 is 4.79 Å². The van der Waals surface area contributed by atoms with E-state index in [0.717, 1.165) is 35.3 Å². The number of aryl methyl sites for hydroxylation is 1. The molecule has 0 atom stereocenters. The van der Waals surface area contributed by atoms with Crippen molar-refractivity contribution in [1.29, 1.82) is 0 Å². The summed E-state index contributed by atoms with van der Waals surface area (Å²) in [5.41, 5.74) is 2.99. The number of amides is 1. The highest BCUT2D eigenvalue weighted by Crippen LogP contribution is 2.41. The van der Waals surface area contributed by atoms with E-state index in [1.807, 2.05) is 29.8 Å². The second-order valence-electron chi connectivity index (χ2n) is 7.90. The van der Waals surface area contributed by atoms with Crippen molar-refractivity contribution in [3.8, 4) is 0 Å². The standard InChI is InChI=1S/C20H23N5O/c1-12-17-14(19(26)23-16-7-5-6-10-21-16)11-15(13-8-9-13)22-18(17)25(24-12)20(2,3)4/h5-7,10-11,13H,8-9H2,1-4H3,(H,21,23,26). The topological polar surface area (TPSA) is 72.7 Å². The van der Waals surface area contributed by atoms with Gasteiger partial charge in [0, 0.05) is 17.8 Å². The first-order valence-corrected chi connectivity index (χ1v) is 8.98. The van der Waals surface area contributed by atoms with Crippen LogP contribution in [0.5, 0.6) is 0 Å². The third-order valence-corrected chi connectivity index (χ3v) is 4.61. The Morgan fingerprint density at radius 3 is 2.65 bits per heavy atom. The molecule has 0 bridgehead atoms. The van der Waals surface area contributed by atoms with Crippen molar-refractivity contribution in [2.75, 3.05) is 5.32 Å². The Bertz CT molecular complexity index is 981. The van der Waals surface area contributed by atoms with Gasteiger partial charge in [0.15, 0.2) is 5.65 Å². The van der Waals surface area contributed by atoms with Crippen molar-refractivity contribution in [2.45, 2.75) is 52.0 Å². The smallest absolute Gasteiger partial charge is 0.257 e. The molecule has 6 nitrogen and oxygen atoms in total. The second-order valence-corrected chi connectivity index (χ2v) is 7.90. The highest BCUT2D eigenvalue weighted by Gasteiger charge is 2.30. The molecule has 1 fully saturated rings. The van der Waals surface area contributed by atoms with Crippen molar-refractivity contribution in [3.05, 3.63) is 47.4 Å². The first-order valence-electron chi connectivity index (χ1n) is 8.98. The van der Waals surface area contributed by atoms with Gasteiger partial charge in [0.25, 0.3) is 5.91 Å². The minimum absolute atomic E-state index is 0.172. The Hall–Kier alpha value is -2.76. The summed E-state index contributed by atoms with van der Waals surface area (Å²) in [5.74, 6) is 0.815. The molecule has 0 aliphatic heterocycles. The summed E-state index contributed by atoms with van der Waals surface area (Å²) < 4.78 is 1.93. The molecule has 3 heterocycles. The lowest BCUT2D eigenvalue weighted by Gasteiger charge is -2.20. The van der Waals surface area contributed by atoms with E-state index in [9.17, 15) is 4.79 Å². The van der Waals surface area contributed by atoms with Gasteiger partial charge in [-0.15, -0.1) is 0 Å². The van der Waals surface area contributed by atoms with E-state index in [4.69, 9.17) is 10.1 Å². The Morgan fingerprint density at radius 1 is 1.27 bits per heavy atom. The maximum atomic E-state index is 13.0. The highest BCUT2D eigenvalue weighted by molar-refractivity contribution is 6.12. The van der Waals surface area contributed by atoms with Crippen molar-refractivity contribution in [1.82, 2.24) is 19.7 Å². The first-order chi connectivity index (χ1) is 12.3. The lowest BCUT2D eigenvalue weighted by atomic mass is 10.1. The van der Waals surface area contributed by atoms with E-state index in [-0.39, 0.29) is 11.4 Å². The van der Waals surface area contributed by atoms with Crippen LogP contribution in [-0.2, 0) is 5.54 Å². The lowest BCUT2D eigenvalue weighted by Crippen LogP contribution is -2.23. The van der Waals surface area contributed by atoms with Crippen LogP contribution >= 0.6 is 0 Å². The van der Waals surface area contributed by atoms with Crippen molar-refractivity contribution in [2.24, 2.45) is 0 Å². The number of pyridine rings is 2. The molecule has 1 N–H and O–H groups in total. The molecule has 0 saturated heterocycles. The number of anilines is 1. The molecule has 4 rings (SSSR count). The molecule has 26 heavy (non-hydrogen) atoms. The van der Waals surface area contributed by atoms with Crippen LogP contribution < -0.4 is 5.32 Å². The fraction of sp³-hybridized carbons (Fsp3) is 0.400. The largest absolute Gasteiger partial charge is 0.307 e. The fourth-order valence-electron chi connectivity index (χ4n) is 3.16. The van der Waals surface area contributed by atoms with Gasteiger partial charge in [-0.1, -0.05) is 6.07 Å². The number of nitrogens with zero attached hydrogens (tertiary/aromatic N) is 4. The summed E-state index contributed by atoms with van der Waals surface area (Å²) in [5, 5.41) is 8.41. The Kier molecular flexibility index (Phi) is 3.79. The molecule has 3 aromatic rings. The number of hydrogen-bond acceptors (Lipinski definition) is 4. The van der Waals surface area contributed by atoms with E-state index in [1.54, 1.807) is 12.3 Å². The lowest BCUT2D eigenvalue weighted by molar-refractivity contribution is 0.102. The molecule has 6 heteroatoms. The SMILES string of the molecule is Cc1nn(C(C)(C)C)c2nc(C3CC3)cc(C(=O)Nc3ccccn3)c12. The van der Waals surface area contributed by atoms with Gasteiger partial charge in [0.05, 0.1) is 22.2 Å². The molecule has 1 aliphatic rings. The molecule has 0 unspecified atom stereocenters. The van der Waals surface area contributed by atoms with Gasteiger partial charge in [0.1, 0.15) is 5.82 Å². The maximum absolute atomic E-state index is 13.0. The average Bonchev–Trinajstić information content (AvgIpc) is 3.38. The van der Waals surface area contributed by atoms with E-state index in [2.05, 4.69) is 31.1 Å². The highest BCUT2D eigenvalue weighted by atomic mass is 16.1. The number of carbonyl (C=O) groups excluding carboxylic acids is 1. The molecule has 0 radical (unpaired) electrons. The van der Waals surface area contributed by atoms with Crippen LogP contribution in [0, 0.1) is 6.92 Å². The van der Waals surface area contributed by atoms with Gasteiger partial charge in [-0.3, -0.25) is 4.79 Å².